The Hall–Kier alpha value is -1.14. The number of amides is 2. The first-order valence-corrected chi connectivity index (χ1v) is 13.2. The molecule has 3 aliphatic carbocycles. The summed E-state index contributed by atoms with van der Waals surface area (Å²) < 4.78 is 5.40. The van der Waals surface area contributed by atoms with Crippen LogP contribution in [0.3, 0.4) is 0 Å². The molecular formula is C26H44N2O4. The highest BCUT2D eigenvalue weighted by molar-refractivity contribution is 5.79. The van der Waals surface area contributed by atoms with E-state index < -0.39 is 6.10 Å². The first-order chi connectivity index (χ1) is 15.3. The molecule has 6 heteroatoms. The summed E-state index contributed by atoms with van der Waals surface area (Å²) in [5, 5.41) is 15.0. The normalized spacial score (nSPS) is 39.8. The number of fused-ring (bicyclic) bond motifs is 1. The zero-order valence-corrected chi connectivity index (χ0v) is 20.4. The number of morpholine rings is 1. The van der Waals surface area contributed by atoms with E-state index in [0.717, 1.165) is 51.4 Å². The van der Waals surface area contributed by atoms with Crippen molar-refractivity contribution in [2.24, 2.45) is 35.0 Å². The maximum absolute atomic E-state index is 13.2. The van der Waals surface area contributed by atoms with Crippen molar-refractivity contribution in [1.82, 2.24) is 10.2 Å². The van der Waals surface area contributed by atoms with Gasteiger partial charge >= 0.3 is 0 Å². The van der Waals surface area contributed by atoms with Crippen molar-refractivity contribution in [1.29, 1.82) is 0 Å². The molecule has 1 saturated heterocycles. The van der Waals surface area contributed by atoms with Gasteiger partial charge < -0.3 is 20.1 Å². The van der Waals surface area contributed by atoms with Crippen molar-refractivity contribution in [2.45, 2.75) is 90.7 Å². The predicted molar refractivity (Wildman–Crippen MR) is 124 cm³/mol. The van der Waals surface area contributed by atoms with Crippen LogP contribution in [0.5, 0.6) is 0 Å². The van der Waals surface area contributed by atoms with E-state index in [1.54, 1.807) is 0 Å². The lowest BCUT2D eigenvalue weighted by Gasteiger charge is -2.56. The Kier molecular flexibility index (Phi) is 7.50. The molecule has 0 aromatic carbocycles. The highest BCUT2D eigenvalue weighted by Gasteiger charge is 2.54. The first kappa shape index (κ1) is 24.0. The Morgan fingerprint density at radius 1 is 1.06 bits per heavy atom. The topological polar surface area (TPSA) is 78.9 Å². The van der Waals surface area contributed by atoms with Gasteiger partial charge in [0.05, 0.1) is 19.3 Å². The molecule has 0 aromatic heterocycles. The Bertz CT molecular complexity index is 673. The smallest absolute Gasteiger partial charge is 0.225 e. The summed E-state index contributed by atoms with van der Waals surface area (Å²) in [5.74, 6) is 0.681. The second kappa shape index (κ2) is 10.0. The van der Waals surface area contributed by atoms with Gasteiger partial charge in [-0.2, -0.15) is 0 Å². The summed E-state index contributed by atoms with van der Waals surface area (Å²) in [4.78, 5) is 28.0. The molecule has 2 amide bonds. The summed E-state index contributed by atoms with van der Waals surface area (Å²) in [6.45, 7) is 9.05. The monoisotopic (exact) mass is 448 g/mol. The molecule has 0 spiro atoms. The van der Waals surface area contributed by atoms with E-state index in [1.807, 2.05) is 11.8 Å². The molecule has 0 aromatic rings. The minimum atomic E-state index is -0.502. The Morgan fingerprint density at radius 3 is 2.41 bits per heavy atom. The highest BCUT2D eigenvalue weighted by atomic mass is 16.5. The summed E-state index contributed by atoms with van der Waals surface area (Å²) >= 11 is 0. The molecule has 0 radical (unpaired) electrons. The molecule has 4 rings (SSSR count). The molecule has 7 atom stereocenters. The number of hydrogen-bond acceptors (Lipinski definition) is 4. The van der Waals surface area contributed by atoms with Gasteiger partial charge in [-0.3, -0.25) is 9.59 Å². The fourth-order valence-corrected chi connectivity index (χ4v) is 7.42. The summed E-state index contributed by atoms with van der Waals surface area (Å²) in [7, 11) is 0. The number of nitrogens with one attached hydrogen (secondary N) is 1. The number of aliphatic hydroxyl groups is 1. The van der Waals surface area contributed by atoms with Gasteiger partial charge in [-0.15, -0.1) is 0 Å². The van der Waals surface area contributed by atoms with Gasteiger partial charge in [-0.1, -0.05) is 40.0 Å². The third-order valence-electron chi connectivity index (χ3n) is 9.55. The molecule has 0 bridgehead atoms. The molecule has 2 N–H and O–H groups in total. The van der Waals surface area contributed by atoms with E-state index >= 15 is 0 Å². The minimum Gasteiger partial charge on any atom is -0.392 e. The zero-order valence-electron chi connectivity index (χ0n) is 20.4. The lowest BCUT2D eigenvalue weighted by atomic mass is 9.51. The Morgan fingerprint density at radius 2 is 1.72 bits per heavy atom. The summed E-state index contributed by atoms with van der Waals surface area (Å²) in [6, 6.07) is 0.126. The largest absolute Gasteiger partial charge is 0.392 e. The van der Waals surface area contributed by atoms with Crippen LogP contribution in [0.15, 0.2) is 0 Å². The van der Waals surface area contributed by atoms with Crippen molar-refractivity contribution >= 4 is 11.8 Å². The van der Waals surface area contributed by atoms with Crippen LogP contribution >= 0.6 is 0 Å². The van der Waals surface area contributed by atoms with Gasteiger partial charge in [0.2, 0.25) is 11.8 Å². The zero-order chi connectivity index (χ0) is 22.9. The van der Waals surface area contributed by atoms with Crippen molar-refractivity contribution < 1.29 is 19.4 Å². The van der Waals surface area contributed by atoms with Crippen molar-refractivity contribution in [3.8, 4) is 0 Å². The molecule has 1 aliphatic heterocycles. The minimum absolute atomic E-state index is 0.0151. The van der Waals surface area contributed by atoms with Crippen LogP contribution in [0.4, 0.5) is 0 Å². The van der Waals surface area contributed by atoms with Gasteiger partial charge in [-0.05, 0) is 61.7 Å². The Labute approximate surface area is 193 Å². The Balaban J connectivity index is 1.43. The quantitative estimate of drug-likeness (QED) is 0.691. The van der Waals surface area contributed by atoms with Crippen LogP contribution in [0.25, 0.3) is 0 Å². The van der Waals surface area contributed by atoms with Crippen molar-refractivity contribution in [3.05, 3.63) is 0 Å². The average molecular weight is 449 g/mol. The molecule has 182 valence electrons. The van der Waals surface area contributed by atoms with Crippen LogP contribution in [0.2, 0.25) is 0 Å². The average Bonchev–Trinajstić information content (AvgIpc) is 2.81. The SMILES string of the molecule is C[C@H]1[C@@H]2[C@@H](O)C([C@H](C)C(=O)N3CCOCC3)CC[C@@]2(C)CC[C@@H]1NC(=O)C1CCCCC1. The van der Waals surface area contributed by atoms with Crippen LogP contribution in [0, 0.1) is 35.0 Å². The fraction of sp³-hybridized carbons (Fsp3) is 0.923. The van der Waals surface area contributed by atoms with Crippen molar-refractivity contribution in [2.75, 3.05) is 26.3 Å². The lowest BCUT2D eigenvalue weighted by Crippen LogP contribution is -2.59. The maximum atomic E-state index is 13.2. The van der Waals surface area contributed by atoms with Gasteiger partial charge in [0, 0.05) is 31.0 Å². The summed E-state index contributed by atoms with van der Waals surface area (Å²) in [5.41, 5.74) is 0.0864. The molecule has 3 saturated carbocycles. The predicted octanol–water partition coefficient (Wildman–Crippen LogP) is 3.37. The maximum Gasteiger partial charge on any atom is 0.225 e. The summed E-state index contributed by atoms with van der Waals surface area (Å²) in [6.07, 6.45) is 9.07. The number of nitrogens with zero attached hydrogens (tertiary/aromatic N) is 1. The standard InChI is InChI=1S/C26H44N2O4/c1-17(25(31)28-13-15-32-16-14-28)20-9-11-26(3)12-10-21(18(2)22(26)23(20)29)27-24(30)19-7-5-4-6-8-19/h17-23,29H,4-16H2,1-3H3,(H,27,30)/t17-,18+,20?,21-,22+,23-,26-/m0/s1. The number of carbonyl (C=O) groups excluding carboxylic acids is 2. The van der Waals surface area contributed by atoms with Crippen molar-refractivity contribution in [3.63, 3.8) is 0 Å². The van der Waals surface area contributed by atoms with E-state index in [0.29, 0.717) is 26.3 Å². The number of aliphatic hydroxyl groups excluding tert-OH is 1. The second-order valence-corrected chi connectivity index (χ2v) is 11.4. The van der Waals surface area contributed by atoms with Crippen LogP contribution in [-0.4, -0.2) is 60.3 Å². The van der Waals surface area contributed by atoms with Gasteiger partial charge in [0.1, 0.15) is 0 Å². The molecule has 1 unspecified atom stereocenters. The second-order valence-electron chi connectivity index (χ2n) is 11.4. The molecule has 6 nitrogen and oxygen atoms in total. The lowest BCUT2D eigenvalue weighted by molar-refractivity contribution is -0.154. The van der Waals surface area contributed by atoms with E-state index in [9.17, 15) is 14.7 Å². The highest BCUT2D eigenvalue weighted by Crippen LogP contribution is 2.55. The first-order valence-electron chi connectivity index (χ1n) is 13.2. The van der Waals surface area contributed by atoms with Gasteiger partial charge in [-0.25, -0.2) is 0 Å². The van der Waals surface area contributed by atoms with E-state index in [2.05, 4.69) is 19.2 Å². The van der Waals surface area contributed by atoms with Crippen LogP contribution in [-0.2, 0) is 14.3 Å². The fourth-order valence-electron chi connectivity index (χ4n) is 7.42. The number of hydrogen-bond donors (Lipinski definition) is 2. The van der Waals surface area contributed by atoms with E-state index in [1.165, 1.54) is 6.42 Å². The molecule has 32 heavy (non-hydrogen) atoms. The molecule has 4 aliphatic rings. The van der Waals surface area contributed by atoms with Crippen LogP contribution in [0.1, 0.15) is 78.6 Å². The number of rotatable bonds is 4. The molecule has 4 fully saturated rings. The van der Waals surface area contributed by atoms with Gasteiger partial charge in [0.15, 0.2) is 0 Å². The van der Waals surface area contributed by atoms with Gasteiger partial charge in [0.25, 0.3) is 0 Å². The van der Waals surface area contributed by atoms with E-state index in [4.69, 9.17) is 4.74 Å². The third kappa shape index (κ3) is 4.72. The molecular weight excluding hydrogens is 404 g/mol. The number of ether oxygens (including phenoxy) is 1. The van der Waals surface area contributed by atoms with Crippen LogP contribution < -0.4 is 5.32 Å². The van der Waals surface area contributed by atoms with E-state index in [-0.39, 0.29) is 52.9 Å². The molecule has 1 heterocycles. The third-order valence-corrected chi connectivity index (χ3v) is 9.55. The number of carbonyl (C=O) groups is 2.